The largest absolute Gasteiger partial charge is 0.497 e. The lowest BCUT2D eigenvalue weighted by molar-refractivity contribution is 0.354. The van der Waals surface area contributed by atoms with Crippen LogP contribution in [0.4, 0.5) is 5.69 Å². The molecule has 0 amide bonds. The zero-order valence-corrected chi connectivity index (χ0v) is 24.5. The van der Waals surface area contributed by atoms with Crippen molar-refractivity contribution < 1.29 is 22.6 Å². The second-order valence-corrected chi connectivity index (χ2v) is 12.2. The number of rotatable bonds is 10. The van der Waals surface area contributed by atoms with Gasteiger partial charge in [-0.05, 0) is 78.9 Å². The minimum atomic E-state index is -3.47. The van der Waals surface area contributed by atoms with E-state index in [1.54, 1.807) is 49.1 Å². The van der Waals surface area contributed by atoms with Crippen molar-refractivity contribution in [3.63, 3.8) is 0 Å². The van der Waals surface area contributed by atoms with Crippen LogP contribution in [0, 0.1) is 0 Å². The zero-order chi connectivity index (χ0) is 28.1. The van der Waals surface area contributed by atoms with Gasteiger partial charge >= 0.3 is 0 Å². The highest BCUT2D eigenvalue weighted by molar-refractivity contribution is 7.89. The lowest BCUT2D eigenvalue weighted by atomic mass is 10.1. The molecular formula is C30H33N3O5S2. The average molecular weight is 580 g/mol. The number of hydrogen-bond acceptors (Lipinski definition) is 7. The Morgan fingerprint density at radius 3 is 2.20 bits per heavy atom. The predicted molar refractivity (Wildman–Crippen MR) is 157 cm³/mol. The van der Waals surface area contributed by atoms with Gasteiger partial charge in [0.25, 0.3) is 0 Å². The maximum Gasteiger partial charge on any atom is 0.243 e. The van der Waals surface area contributed by atoms with Crippen LogP contribution in [0.2, 0.25) is 0 Å². The normalized spacial score (nSPS) is 14.4. The van der Waals surface area contributed by atoms with Gasteiger partial charge in [-0.3, -0.25) is 0 Å². The van der Waals surface area contributed by atoms with Crippen molar-refractivity contribution in [1.82, 2.24) is 8.87 Å². The van der Waals surface area contributed by atoms with E-state index >= 15 is 0 Å². The van der Waals surface area contributed by atoms with E-state index in [1.807, 2.05) is 54.6 Å². The van der Waals surface area contributed by atoms with E-state index in [0.29, 0.717) is 36.0 Å². The van der Waals surface area contributed by atoms with Gasteiger partial charge in [0.1, 0.15) is 5.75 Å². The van der Waals surface area contributed by atoms with Crippen LogP contribution in [0.25, 0.3) is 11.3 Å². The van der Waals surface area contributed by atoms with Gasteiger partial charge in [0.2, 0.25) is 10.0 Å². The summed E-state index contributed by atoms with van der Waals surface area (Å²) < 4.78 is 46.0. The molecule has 0 aliphatic carbocycles. The van der Waals surface area contributed by atoms with E-state index in [0.717, 1.165) is 52.3 Å². The molecule has 40 heavy (non-hydrogen) atoms. The predicted octanol–water partition coefficient (Wildman–Crippen LogP) is 5.50. The van der Waals surface area contributed by atoms with Crippen molar-refractivity contribution in [1.29, 1.82) is 0 Å². The van der Waals surface area contributed by atoms with Crippen molar-refractivity contribution in [2.45, 2.75) is 30.7 Å². The van der Waals surface area contributed by atoms with Crippen LogP contribution in [0.1, 0.15) is 18.4 Å². The summed E-state index contributed by atoms with van der Waals surface area (Å²) in [6.07, 6.45) is 2.56. The number of methoxy groups -OCH3 is 3. The van der Waals surface area contributed by atoms with Gasteiger partial charge in [-0.25, -0.2) is 13.4 Å². The average Bonchev–Trinajstić information content (AvgIpc) is 3.68. The molecule has 210 valence electrons. The Morgan fingerprint density at radius 1 is 0.850 bits per heavy atom. The molecule has 8 nitrogen and oxygen atoms in total. The summed E-state index contributed by atoms with van der Waals surface area (Å²) in [6.45, 7) is 1.83. The number of sulfonamides is 1. The fraction of sp³-hybridized carbons (Fsp3) is 0.300. The van der Waals surface area contributed by atoms with Crippen molar-refractivity contribution >= 4 is 27.0 Å². The fourth-order valence-corrected chi connectivity index (χ4v) is 7.26. The molecule has 3 aromatic carbocycles. The fourth-order valence-electron chi connectivity index (χ4n) is 4.78. The molecule has 1 aliphatic rings. The van der Waals surface area contributed by atoms with E-state index in [4.69, 9.17) is 19.2 Å². The third-order valence-corrected chi connectivity index (χ3v) is 9.80. The van der Waals surface area contributed by atoms with E-state index in [9.17, 15) is 8.42 Å². The SMILES string of the molecule is COc1ccc(N=c2scc(-c3ccc(S(=O)(=O)N4CCCC4)cc3)n2CCc2ccc(OC)c(OC)c2)cc1. The summed E-state index contributed by atoms with van der Waals surface area (Å²) in [4.78, 5) is 6.09. The van der Waals surface area contributed by atoms with Crippen molar-refractivity contribution in [3.8, 4) is 28.5 Å². The Labute approximate surface area is 239 Å². The molecule has 1 aliphatic heterocycles. The van der Waals surface area contributed by atoms with Gasteiger partial charge in [0.15, 0.2) is 16.3 Å². The Morgan fingerprint density at radius 2 is 1.55 bits per heavy atom. The van der Waals surface area contributed by atoms with Crippen LogP contribution < -0.4 is 19.0 Å². The summed E-state index contributed by atoms with van der Waals surface area (Å²) in [7, 11) is 1.43. The Balaban J connectivity index is 1.49. The maximum atomic E-state index is 13.0. The van der Waals surface area contributed by atoms with Crippen LogP contribution in [-0.2, 0) is 23.0 Å². The number of benzene rings is 3. The van der Waals surface area contributed by atoms with E-state index in [2.05, 4.69) is 9.95 Å². The quantitative estimate of drug-likeness (QED) is 0.248. The summed E-state index contributed by atoms with van der Waals surface area (Å²) in [5.74, 6) is 2.15. The second-order valence-electron chi connectivity index (χ2n) is 9.44. The molecular weight excluding hydrogens is 546 g/mol. The third-order valence-electron chi connectivity index (χ3n) is 7.02. The maximum absolute atomic E-state index is 13.0. The first-order chi connectivity index (χ1) is 19.4. The molecule has 2 heterocycles. The molecule has 0 unspecified atom stereocenters. The number of aryl methyl sites for hydroxylation is 1. The number of aromatic nitrogens is 1. The van der Waals surface area contributed by atoms with Crippen molar-refractivity contribution in [2.75, 3.05) is 34.4 Å². The molecule has 0 spiro atoms. The Hall–Kier alpha value is -3.60. The molecule has 0 saturated carbocycles. The van der Waals surface area contributed by atoms with Crippen LogP contribution >= 0.6 is 11.3 Å². The minimum absolute atomic E-state index is 0.327. The first-order valence-corrected chi connectivity index (χ1v) is 15.4. The summed E-state index contributed by atoms with van der Waals surface area (Å²) in [6, 6.07) is 20.8. The van der Waals surface area contributed by atoms with Gasteiger partial charge in [-0.2, -0.15) is 4.31 Å². The number of thiazole rings is 1. The van der Waals surface area contributed by atoms with Gasteiger partial charge in [0, 0.05) is 25.0 Å². The highest BCUT2D eigenvalue weighted by Crippen LogP contribution is 2.29. The van der Waals surface area contributed by atoms with E-state index < -0.39 is 10.0 Å². The Bertz CT molecular complexity index is 1620. The highest BCUT2D eigenvalue weighted by atomic mass is 32.2. The lowest BCUT2D eigenvalue weighted by Gasteiger charge is -2.16. The van der Waals surface area contributed by atoms with Crippen LogP contribution in [0.15, 0.2) is 82.0 Å². The van der Waals surface area contributed by atoms with E-state index in [1.165, 1.54) is 0 Å². The second kappa shape index (κ2) is 12.3. The summed E-state index contributed by atoms with van der Waals surface area (Å²) in [5, 5.41) is 2.07. The number of nitrogens with zero attached hydrogens (tertiary/aromatic N) is 3. The van der Waals surface area contributed by atoms with Crippen molar-refractivity contribution in [2.24, 2.45) is 4.99 Å². The lowest BCUT2D eigenvalue weighted by Crippen LogP contribution is -2.27. The van der Waals surface area contributed by atoms with E-state index in [-0.39, 0.29) is 0 Å². The highest BCUT2D eigenvalue weighted by Gasteiger charge is 2.27. The van der Waals surface area contributed by atoms with Gasteiger partial charge < -0.3 is 18.8 Å². The minimum Gasteiger partial charge on any atom is -0.497 e. The number of ether oxygens (including phenoxy) is 3. The van der Waals surface area contributed by atoms with Gasteiger partial charge in [0.05, 0.1) is 37.6 Å². The van der Waals surface area contributed by atoms with Crippen molar-refractivity contribution in [3.05, 3.63) is 82.5 Å². The van der Waals surface area contributed by atoms with Gasteiger partial charge in [-0.15, -0.1) is 11.3 Å². The number of hydrogen-bond donors (Lipinski definition) is 0. The molecule has 0 atom stereocenters. The third kappa shape index (κ3) is 5.94. The topological polar surface area (TPSA) is 82.4 Å². The Kier molecular flexibility index (Phi) is 8.58. The smallest absolute Gasteiger partial charge is 0.243 e. The zero-order valence-electron chi connectivity index (χ0n) is 22.9. The molecule has 0 radical (unpaired) electrons. The molecule has 0 bridgehead atoms. The molecule has 4 aromatic rings. The molecule has 1 fully saturated rings. The monoisotopic (exact) mass is 579 g/mol. The molecule has 0 N–H and O–H groups in total. The molecule has 1 saturated heterocycles. The molecule has 10 heteroatoms. The van der Waals surface area contributed by atoms with Crippen LogP contribution in [-0.4, -0.2) is 51.7 Å². The van der Waals surface area contributed by atoms with Gasteiger partial charge in [-0.1, -0.05) is 18.2 Å². The molecule has 5 rings (SSSR count). The molecule has 1 aromatic heterocycles. The first kappa shape index (κ1) is 27.9. The standard InChI is InChI=1S/C30H33N3O5S2/c1-36-25-11-9-24(10-12-25)31-30-33(19-16-22-6-15-28(37-2)29(20-22)38-3)27(21-39-30)23-7-13-26(14-8-23)40(34,35)32-17-4-5-18-32/h6-15,20-21H,4-5,16-19H2,1-3H3. The van der Waals surface area contributed by atoms with Crippen LogP contribution in [0.3, 0.4) is 0 Å². The summed E-state index contributed by atoms with van der Waals surface area (Å²) in [5.41, 5.74) is 3.83. The summed E-state index contributed by atoms with van der Waals surface area (Å²) >= 11 is 1.55. The first-order valence-electron chi connectivity index (χ1n) is 13.1. The van der Waals surface area contributed by atoms with Crippen LogP contribution in [0.5, 0.6) is 17.2 Å².